The van der Waals surface area contributed by atoms with Crippen molar-refractivity contribution in [3.63, 3.8) is 0 Å². The molecule has 2 rings (SSSR count). The number of hydrogen-bond acceptors (Lipinski definition) is 5. The summed E-state index contributed by atoms with van der Waals surface area (Å²) in [4.78, 5) is 22.0. The van der Waals surface area contributed by atoms with Crippen LogP contribution in [0.15, 0.2) is 6.33 Å². The van der Waals surface area contributed by atoms with Crippen LogP contribution in [0.5, 0.6) is 0 Å². The fourth-order valence-corrected chi connectivity index (χ4v) is 2.12. The topological polar surface area (TPSA) is 70.1 Å². The number of carbonyl (C=O) groups is 1. The normalized spacial score (nSPS) is 14.7. The molecule has 0 saturated carbocycles. The molecule has 2 heterocycles. The summed E-state index contributed by atoms with van der Waals surface area (Å²) in [6.07, 6.45) is 3.71. The van der Waals surface area contributed by atoms with E-state index < -0.39 is 0 Å². The molecular weight excluding hydrogens is 230 g/mol. The number of aromatic nitrogens is 2. The van der Waals surface area contributed by atoms with Gasteiger partial charge in [0.25, 0.3) is 0 Å². The summed E-state index contributed by atoms with van der Waals surface area (Å²) in [6, 6.07) is 0. The molecule has 0 radical (unpaired) electrons. The molecule has 1 fully saturated rings. The second-order valence-electron chi connectivity index (χ2n) is 4.39. The van der Waals surface area contributed by atoms with Gasteiger partial charge in [0.05, 0.1) is 6.54 Å². The Morgan fingerprint density at radius 1 is 1.33 bits per heavy atom. The standard InChI is InChI=1S/C12H19N5O/c1-9-11(13-2)15-8-16-12(9)14-7-10(18)17-5-3-4-6-17/h8H,3-7H2,1-2H3,(H2,13,14,15,16). The summed E-state index contributed by atoms with van der Waals surface area (Å²) in [7, 11) is 1.81. The fourth-order valence-electron chi connectivity index (χ4n) is 2.12. The number of amides is 1. The maximum atomic E-state index is 11.9. The van der Waals surface area contributed by atoms with Crippen LogP contribution in [0.4, 0.5) is 11.6 Å². The van der Waals surface area contributed by atoms with Gasteiger partial charge >= 0.3 is 0 Å². The second-order valence-corrected chi connectivity index (χ2v) is 4.39. The van der Waals surface area contributed by atoms with E-state index in [1.807, 2.05) is 18.9 Å². The highest BCUT2D eigenvalue weighted by molar-refractivity contribution is 5.81. The molecule has 1 amide bonds. The van der Waals surface area contributed by atoms with Crippen LogP contribution < -0.4 is 10.6 Å². The van der Waals surface area contributed by atoms with Gasteiger partial charge in [-0.05, 0) is 19.8 Å². The minimum Gasteiger partial charge on any atom is -0.373 e. The first-order chi connectivity index (χ1) is 8.72. The average Bonchev–Trinajstić information content (AvgIpc) is 2.91. The van der Waals surface area contributed by atoms with Crippen molar-refractivity contribution in [3.8, 4) is 0 Å². The van der Waals surface area contributed by atoms with Crippen LogP contribution >= 0.6 is 0 Å². The highest BCUT2D eigenvalue weighted by atomic mass is 16.2. The van der Waals surface area contributed by atoms with Crippen LogP contribution in [-0.4, -0.2) is 47.5 Å². The molecule has 98 valence electrons. The zero-order valence-electron chi connectivity index (χ0n) is 10.9. The molecule has 1 aromatic rings. The van der Waals surface area contributed by atoms with Gasteiger partial charge in [-0.3, -0.25) is 4.79 Å². The molecule has 1 saturated heterocycles. The molecule has 0 aliphatic carbocycles. The van der Waals surface area contributed by atoms with E-state index in [2.05, 4.69) is 20.6 Å². The zero-order chi connectivity index (χ0) is 13.0. The third-order valence-corrected chi connectivity index (χ3v) is 3.19. The summed E-state index contributed by atoms with van der Waals surface area (Å²) < 4.78 is 0. The molecule has 2 N–H and O–H groups in total. The second kappa shape index (κ2) is 5.66. The molecule has 1 aliphatic rings. The summed E-state index contributed by atoms with van der Waals surface area (Å²) in [6.45, 7) is 3.98. The van der Waals surface area contributed by atoms with Crippen LogP contribution in [0.2, 0.25) is 0 Å². The van der Waals surface area contributed by atoms with Crippen molar-refractivity contribution in [2.45, 2.75) is 19.8 Å². The number of likely N-dealkylation sites (tertiary alicyclic amines) is 1. The number of anilines is 2. The number of carbonyl (C=O) groups excluding carboxylic acids is 1. The lowest BCUT2D eigenvalue weighted by Gasteiger charge is -2.16. The largest absolute Gasteiger partial charge is 0.373 e. The van der Waals surface area contributed by atoms with E-state index in [9.17, 15) is 4.79 Å². The van der Waals surface area contributed by atoms with Gasteiger partial charge < -0.3 is 15.5 Å². The lowest BCUT2D eigenvalue weighted by molar-refractivity contribution is -0.128. The van der Waals surface area contributed by atoms with Crippen LogP contribution in [-0.2, 0) is 4.79 Å². The average molecular weight is 249 g/mol. The van der Waals surface area contributed by atoms with Crippen LogP contribution in [0.1, 0.15) is 18.4 Å². The third-order valence-electron chi connectivity index (χ3n) is 3.19. The van der Waals surface area contributed by atoms with Crippen molar-refractivity contribution >= 4 is 17.5 Å². The highest BCUT2D eigenvalue weighted by Gasteiger charge is 2.17. The minimum atomic E-state index is 0.136. The van der Waals surface area contributed by atoms with E-state index in [1.54, 1.807) is 0 Å². The Labute approximate surface area is 107 Å². The first-order valence-electron chi connectivity index (χ1n) is 6.23. The summed E-state index contributed by atoms with van der Waals surface area (Å²) in [5.41, 5.74) is 0.925. The Balaban J connectivity index is 1.95. The van der Waals surface area contributed by atoms with Crippen molar-refractivity contribution in [1.82, 2.24) is 14.9 Å². The predicted molar refractivity (Wildman–Crippen MR) is 70.6 cm³/mol. The third kappa shape index (κ3) is 2.69. The van der Waals surface area contributed by atoms with Gasteiger partial charge in [-0.1, -0.05) is 0 Å². The van der Waals surface area contributed by atoms with Crippen molar-refractivity contribution < 1.29 is 4.79 Å². The van der Waals surface area contributed by atoms with Crippen molar-refractivity contribution in [3.05, 3.63) is 11.9 Å². The van der Waals surface area contributed by atoms with Crippen molar-refractivity contribution in [2.24, 2.45) is 0 Å². The van der Waals surface area contributed by atoms with Crippen LogP contribution in [0, 0.1) is 6.92 Å². The summed E-state index contributed by atoms with van der Waals surface area (Å²) >= 11 is 0. The molecule has 0 atom stereocenters. The van der Waals surface area contributed by atoms with Gasteiger partial charge in [-0.15, -0.1) is 0 Å². The molecule has 1 aromatic heterocycles. The lowest BCUT2D eigenvalue weighted by atomic mass is 10.3. The van der Waals surface area contributed by atoms with E-state index >= 15 is 0 Å². The molecule has 1 aliphatic heterocycles. The molecule has 0 bridgehead atoms. The Kier molecular flexibility index (Phi) is 3.96. The Hall–Kier alpha value is -1.85. The van der Waals surface area contributed by atoms with E-state index in [1.165, 1.54) is 6.33 Å². The van der Waals surface area contributed by atoms with E-state index in [0.717, 1.165) is 37.3 Å². The summed E-state index contributed by atoms with van der Waals surface area (Å²) in [5, 5.41) is 6.07. The number of nitrogens with one attached hydrogen (secondary N) is 2. The number of rotatable bonds is 4. The van der Waals surface area contributed by atoms with Crippen LogP contribution in [0.3, 0.4) is 0 Å². The molecule has 6 nitrogen and oxygen atoms in total. The van der Waals surface area contributed by atoms with E-state index in [-0.39, 0.29) is 5.91 Å². The fraction of sp³-hybridized carbons (Fsp3) is 0.583. The maximum Gasteiger partial charge on any atom is 0.241 e. The minimum absolute atomic E-state index is 0.136. The highest BCUT2D eigenvalue weighted by Crippen LogP contribution is 2.17. The Morgan fingerprint density at radius 3 is 2.67 bits per heavy atom. The predicted octanol–water partition coefficient (Wildman–Crippen LogP) is 0.861. The first-order valence-corrected chi connectivity index (χ1v) is 6.23. The van der Waals surface area contributed by atoms with Gasteiger partial charge in [0, 0.05) is 25.7 Å². The first kappa shape index (κ1) is 12.6. The summed E-state index contributed by atoms with van der Waals surface area (Å²) in [5.74, 6) is 1.62. The van der Waals surface area contributed by atoms with E-state index in [0.29, 0.717) is 12.4 Å². The van der Waals surface area contributed by atoms with Gasteiger partial charge in [0.15, 0.2) is 0 Å². The SMILES string of the molecule is CNc1ncnc(NCC(=O)N2CCCC2)c1C. The molecule has 0 unspecified atom stereocenters. The van der Waals surface area contributed by atoms with Gasteiger partial charge in [0.1, 0.15) is 18.0 Å². The number of nitrogens with zero attached hydrogens (tertiary/aromatic N) is 3. The van der Waals surface area contributed by atoms with Gasteiger partial charge in [-0.25, -0.2) is 9.97 Å². The Bertz CT molecular complexity index is 428. The van der Waals surface area contributed by atoms with Crippen LogP contribution in [0.25, 0.3) is 0 Å². The van der Waals surface area contributed by atoms with Crippen molar-refractivity contribution in [1.29, 1.82) is 0 Å². The molecule has 6 heteroatoms. The Morgan fingerprint density at radius 2 is 2.00 bits per heavy atom. The molecule has 0 aromatic carbocycles. The van der Waals surface area contributed by atoms with Crippen molar-refractivity contribution in [2.75, 3.05) is 37.3 Å². The molecule has 0 spiro atoms. The monoisotopic (exact) mass is 249 g/mol. The van der Waals surface area contributed by atoms with Gasteiger partial charge in [-0.2, -0.15) is 0 Å². The molecule has 18 heavy (non-hydrogen) atoms. The zero-order valence-corrected chi connectivity index (χ0v) is 10.9. The van der Waals surface area contributed by atoms with Gasteiger partial charge in [0.2, 0.25) is 5.91 Å². The number of hydrogen-bond donors (Lipinski definition) is 2. The van der Waals surface area contributed by atoms with E-state index in [4.69, 9.17) is 0 Å². The maximum absolute atomic E-state index is 11.9. The quantitative estimate of drug-likeness (QED) is 0.828. The lowest BCUT2D eigenvalue weighted by Crippen LogP contribution is -2.33. The molecular formula is C12H19N5O. The smallest absolute Gasteiger partial charge is 0.241 e.